The van der Waals surface area contributed by atoms with Crippen LogP contribution in [0.5, 0.6) is 0 Å². The third kappa shape index (κ3) is 2.08. The molecule has 2 saturated heterocycles. The Bertz CT molecular complexity index is 474. The Balaban J connectivity index is 2.21. The van der Waals surface area contributed by atoms with Crippen LogP contribution >= 0.6 is 23.5 Å². The van der Waals surface area contributed by atoms with E-state index in [2.05, 4.69) is 0 Å². The maximum Gasteiger partial charge on any atom is 0.315 e. The normalized spacial score (nSPS) is 36.0. The highest BCUT2D eigenvalue weighted by atomic mass is 32.2. The van der Waals surface area contributed by atoms with Gasteiger partial charge >= 0.3 is 11.9 Å². The molecular weight excluding hydrogens is 304 g/mol. The van der Waals surface area contributed by atoms with Crippen molar-refractivity contribution in [3.63, 3.8) is 0 Å². The number of amides is 1. The molecule has 3 atom stereocenters. The molecule has 0 aromatic carbocycles. The van der Waals surface area contributed by atoms with Gasteiger partial charge in [-0.1, -0.05) is 0 Å². The number of nitrogens with zero attached hydrogens (tertiary/aromatic N) is 1. The number of carbonyl (C=O) groups excluding carboxylic acids is 2. The summed E-state index contributed by atoms with van der Waals surface area (Å²) in [5.74, 6) is -1.63. The molecule has 2 aliphatic heterocycles. The lowest BCUT2D eigenvalue weighted by Gasteiger charge is -2.60. The number of ether oxygens (including phenoxy) is 1. The summed E-state index contributed by atoms with van der Waals surface area (Å²) in [6, 6.07) is -0.622. The standard InChI is InChI=1S/C11H16N2O5S2/c1-6(14)18-4-10(9(16)17)3-13-8(15)7(12)11(13,19-2)20-5-10/h7H,3-5,12H2,1-2H3,(H,16,17)/t7?,10?,11-/m1/s1. The highest BCUT2D eigenvalue weighted by Gasteiger charge is 2.65. The second-order valence-corrected chi connectivity index (χ2v) is 7.38. The monoisotopic (exact) mass is 320 g/mol. The molecule has 0 aromatic heterocycles. The summed E-state index contributed by atoms with van der Waals surface area (Å²) >= 11 is 2.76. The van der Waals surface area contributed by atoms with Gasteiger partial charge in [-0.25, -0.2) is 0 Å². The van der Waals surface area contributed by atoms with Gasteiger partial charge in [0.2, 0.25) is 5.91 Å². The Labute approximate surface area is 124 Å². The Hall–Kier alpha value is -0.930. The second kappa shape index (κ2) is 5.12. The molecule has 2 heterocycles. The van der Waals surface area contributed by atoms with Crippen LogP contribution in [0.3, 0.4) is 0 Å². The van der Waals surface area contributed by atoms with Crippen molar-refractivity contribution in [3.8, 4) is 0 Å². The summed E-state index contributed by atoms with van der Waals surface area (Å²) in [5, 5.41) is 9.46. The zero-order chi connectivity index (χ0) is 15.1. The van der Waals surface area contributed by atoms with Gasteiger partial charge in [-0.3, -0.25) is 14.4 Å². The second-order valence-electron chi connectivity index (χ2n) is 4.89. The number of hydrogen-bond donors (Lipinski definition) is 2. The van der Waals surface area contributed by atoms with Crippen molar-refractivity contribution < 1.29 is 24.2 Å². The third-order valence-electron chi connectivity index (χ3n) is 3.62. The summed E-state index contributed by atoms with van der Waals surface area (Å²) in [5.41, 5.74) is 4.57. The molecule has 0 spiro atoms. The van der Waals surface area contributed by atoms with Gasteiger partial charge in [0.1, 0.15) is 18.1 Å². The van der Waals surface area contributed by atoms with E-state index in [1.807, 2.05) is 6.26 Å². The van der Waals surface area contributed by atoms with Crippen LogP contribution in [0, 0.1) is 5.41 Å². The molecule has 0 radical (unpaired) electrons. The lowest BCUT2D eigenvalue weighted by Crippen LogP contribution is -2.78. The average molecular weight is 320 g/mol. The van der Waals surface area contributed by atoms with E-state index in [9.17, 15) is 19.5 Å². The molecular formula is C11H16N2O5S2. The van der Waals surface area contributed by atoms with Crippen molar-refractivity contribution in [1.82, 2.24) is 4.90 Å². The van der Waals surface area contributed by atoms with Crippen LogP contribution in [0.15, 0.2) is 0 Å². The van der Waals surface area contributed by atoms with Crippen molar-refractivity contribution in [2.75, 3.05) is 25.2 Å². The van der Waals surface area contributed by atoms with Crippen molar-refractivity contribution >= 4 is 41.4 Å². The zero-order valence-electron chi connectivity index (χ0n) is 11.1. The summed E-state index contributed by atoms with van der Waals surface area (Å²) in [6.07, 6.45) is 1.84. The molecule has 112 valence electrons. The molecule has 20 heavy (non-hydrogen) atoms. The van der Waals surface area contributed by atoms with Crippen LogP contribution in [0.4, 0.5) is 0 Å². The number of fused-ring (bicyclic) bond motifs is 1. The van der Waals surface area contributed by atoms with Crippen molar-refractivity contribution in [3.05, 3.63) is 0 Å². The Morgan fingerprint density at radius 1 is 1.65 bits per heavy atom. The number of carboxylic acids is 1. The van der Waals surface area contributed by atoms with E-state index >= 15 is 0 Å². The molecule has 9 heteroatoms. The van der Waals surface area contributed by atoms with Crippen molar-refractivity contribution in [2.45, 2.75) is 17.2 Å². The largest absolute Gasteiger partial charge is 0.481 e. The summed E-state index contributed by atoms with van der Waals surface area (Å²) in [4.78, 5) is 35.8. The van der Waals surface area contributed by atoms with E-state index in [-0.39, 0.29) is 24.8 Å². The van der Waals surface area contributed by atoms with Crippen LogP contribution in [0.25, 0.3) is 0 Å². The number of thioether (sulfide) groups is 2. The summed E-state index contributed by atoms with van der Waals surface area (Å²) in [6.45, 7) is 0.993. The molecule has 2 fully saturated rings. The lowest BCUT2D eigenvalue weighted by atomic mass is 9.88. The van der Waals surface area contributed by atoms with Gasteiger partial charge in [-0.05, 0) is 6.26 Å². The van der Waals surface area contributed by atoms with Crippen LogP contribution in [0.2, 0.25) is 0 Å². The number of rotatable bonds is 4. The predicted molar refractivity (Wildman–Crippen MR) is 75.1 cm³/mol. The zero-order valence-corrected chi connectivity index (χ0v) is 12.8. The van der Waals surface area contributed by atoms with Crippen LogP contribution in [0.1, 0.15) is 6.92 Å². The topological polar surface area (TPSA) is 110 Å². The minimum Gasteiger partial charge on any atom is -0.481 e. The maximum atomic E-state index is 11.9. The number of aliphatic carboxylic acids is 1. The number of carbonyl (C=O) groups is 3. The third-order valence-corrected chi connectivity index (χ3v) is 7.11. The van der Waals surface area contributed by atoms with Gasteiger partial charge in [0, 0.05) is 19.2 Å². The Morgan fingerprint density at radius 2 is 2.30 bits per heavy atom. The first kappa shape index (κ1) is 15.5. The first-order chi connectivity index (χ1) is 9.29. The Kier molecular flexibility index (Phi) is 3.96. The fourth-order valence-electron chi connectivity index (χ4n) is 2.34. The van der Waals surface area contributed by atoms with Crippen molar-refractivity contribution in [2.24, 2.45) is 11.1 Å². The number of esters is 1. The molecule has 0 aromatic rings. The quantitative estimate of drug-likeness (QED) is 0.529. The fraction of sp³-hybridized carbons (Fsp3) is 0.727. The smallest absolute Gasteiger partial charge is 0.315 e. The van der Waals surface area contributed by atoms with Gasteiger partial charge in [0.05, 0.1) is 0 Å². The summed E-state index contributed by atoms with van der Waals surface area (Å²) in [7, 11) is 0. The van der Waals surface area contributed by atoms with E-state index in [4.69, 9.17) is 10.5 Å². The highest BCUT2D eigenvalue weighted by Crippen LogP contribution is 2.55. The highest BCUT2D eigenvalue weighted by molar-refractivity contribution is 8.18. The van der Waals surface area contributed by atoms with Crippen LogP contribution < -0.4 is 5.73 Å². The van der Waals surface area contributed by atoms with Gasteiger partial charge in [0.15, 0.2) is 4.20 Å². The number of carboxylic acid groups (broad SMARTS) is 1. The Morgan fingerprint density at radius 3 is 2.80 bits per heavy atom. The van der Waals surface area contributed by atoms with Gasteiger partial charge in [0.25, 0.3) is 0 Å². The minimum absolute atomic E-state index is 0.00991. The van der Waals surface area contributed by atoms with Crippen LogP contribution in [-0.4, -0.2) is 63.3 Å². The maximum absolute atomic E-state index is 11.9. The average Bonchev–Trinajstić information content (AvgIpc) is 2.43. The predicted octanol–water partition coefficient (Wildman–Crippen LogP) is -0.446. The van der Waals surface area contributed by atoms with Gasteiger partial charge in [-0.2, -0.15) is 0 Å². The number of hydrogen-bond acceptors (Lipinski definition) is 7. The van der Waals surface area contributed by atoms with E-state index in [0.717, 1.165) is 0 Å². The lowest BCUT2D eigenvalue weighted by molar-refractivity contribution is -0.164. The van der Waals surface area contributed by atoms with E-state index in [1.165, 1.54) is 35.3 Å². The minimum atomic E-state index is -1.27. The fourth-order valence-corrected chi connectivity index (χ4v) is 5.09. The first-order valence-corrected chi connectivity index (χ1v) is 8.13. The number of β-lactam (4-membered cyclic amide) rings is 1. The molecule has 1 amide bonds. The van der Waals surface area contributed by atoms with E-state index in [1.54, 1.807) is 0 Å². The SMILES string of the molecule is CS[C@]12SCC(COC(C)=O)(C(=O)O)CN1C(=O)C2N. The molecule has 0 bridgehead atoms. The van der Waals surface area contributed by atoms with E-state index in [0.29, 0.717) is 0 Å². The molecule has 3 N–H and O–H groups in total. The molecule has 0 aliphatic carbocycles. The van der Waals surface area contributed by atoms with Crippen LogP contribution in [-0.2, 0) is 19.1 Å². The molecule has 0 saturated carbocycles. The molecule has 2 rings (SSSR count). The van der Waals surface area contributed by atoms with E-state index < -0.39 is 27.6 Å². The van der Waals surface area contributed by atoms with Crippen molar-refractivity contribution in [1.29, 1.82) is 0 Å². The first-order valence-electron chi connectivity index (χ1n) is 5.92. The number of nitrogens with two attached hydrogens (primary N) is 1. The molecule has 2 aliphatic rings. The molecule has 2 unspecified atom stereocenters. The summed E-state index contributed by atoms with van der Waals surface area (Å²) < 4.78 is 4.28. The molecule has 7 nitrogen and oxygen atoms in total. The van der Waals surface area contributed by atoms with Gasteiger partial charge in [-0.15, -0.1) is 23.5 Å². The van der Waals surface area contributed by atoms with Gasteiger partial charge < -0.3 is 20.5 Å².